The molecule has 1 aromatic rings. The Morgan fingerprint density at radius 2 is 2.07 bits per heavy atom. The minimum absolute atomic E-state index is 0.663. The summed E-state index contributed by atoms with van der Waals surface area (Å²) in [6.45, 7) is 9.14. The molecule has 0 aliphatic carbocycles. The summed E-state index contributed by atoms with van der Waals surface area (Å²) in [7, 11) is -2.31. The van der Waals surface area contributed by atoms with Crippen molar-refractivity contribution in [3.63, 3.8) is 0 Å². The van der Waals surface area contributed by atoms with Gasteiger partial charge in [0.15, 0.2) is 0 Å². The Bertz CT molecular complexity index is 266. The van der Waals surface area contributed by atoms with Crippen LogP contribution in [0.1, 0.15) is 13.8 Å². The van der Waals surface area contributed by atoms with Crippen LogP contribution >= 0.6 is 11.3 Å². The fraction of sp³-hybridized carbons (Fsp3) is 0.400. The summed E-state index contributed by atoms with van der Waals surface area (Å²) in [5.74, 6) is 0. The molecule has 0 aromatic carbocycles. The fourth-order valence-corrected chi connectivity index (χ4v) is 5.22. The second-order valence-electron chi connectivity index (χ2n) is 2.71. The van der Waals surface area contributed by atoms with Gasteiger partial charge in [0, 0.05) is 13.2 Å². The molecule has 4 heteroatoms. The summed E-state index contributed by atoms with van der Waals surface area (Å²) >= 11 is 1.67. The Morgan fingerprint density at radius 1 is 1.43 bits per heavy atom. The van der Waals surface area contributed by atoms with E-state index in [9.17, 15) is 0 Å². The summed E-state index contributed by atoms with van der Waals surface area (Å²) in [6, 6.07) is 4.08. The predicted molar refractivity (Wildman–Crippen MR) is 63.2 cm³/mol. The van der Waals surface area contributed by atoms with E-state index in [0.29, 0.717) is 13.2 Å². The van der Waals surface area contributed by atoms with Gasteiger partial charge in [-0.1, -0.05) is 6.07 Å². The zero-order valence-corrected chi connectivity index (χ0v) is 10.5. The lowest BCUT2D eigenvalue weighted by molar-refractivity contribution is 0.208. The van der Waals surface area contributed by atoms with E-state index in [1.165, 1.54) is 4.50 Å². The van der Waals surface area contributed by atoms with Crippen molar-refractivity contribution in [1.29, 1.82) is 0 Å². The van der Waals surface area contributed by atoms with Crippen molar-refractivity contribution in [2.24, 2.45) is 0 Å². The Kier molecular flexibility index (Phi) is 4.54. The van der Waals surface area contributed by atoms with E-state index in [0.717, 1.165) is 0 Å². The summed E-state index contributed by atoms with van der Waals surface area (Å²) in [4.78, 5) is 0. The highest BCUT2D eigenvalue weighted by molar-refractivity contribution is 7.24. The highest BCUT2D eigenvalue weighted by Crippen LogP contribution is 2.12. The average molecular weight is 228 g/mol. The van der Waals surface area contributed by atoms with Crippen LogP contribution in [0.4, 0.5) is 0 Å². The molecule has 0 unspecified atom stereocenters. The second-order valence-corrected chi connectivity index (χ2v) is 6.88. The molecule has 78 valence electrons. The van der Waals surface area contributed by atoms with Crippen molar-refractivity contribution in [2.75, 3.05) is 13.2 Å². The first kappa shape index (κ1) is 11.7. The van der Waals surface area contributed by atoms with E-state index < -0.39 is 8.56 Å². The van der Waals surface area contributed by atoms with Crippen molar-refractivity contribution in [3.8, 4) is 0 Å². The predicted octanol–water partition coefficient (Wildman–Crippen LogP) is 2.20. The molecular formula is C10H16O2SSi. The standard InChI is InChI=1S/C10H16O2SSi/c1-4-11-14(6-3,12-5-2)10-8-7-9-13-10/h6-9H,3-5H2,1-2H3. The maximum atomic E-state index is 5.77. The fourth-order valence-electron chi connectivity index (χ4n) is 1.31. The van der Waals surface area contributed by atoms with Gasteiger partial charge in [-0.15, -0.1) is 17.9 Å². The molecule has 0 amide bonds. The Hall–Kier alpha value is -0.423. The van der Waals surface area contributed by atoms with Gasteiger partial charge in [0.25, 0.3) is 0 Å². The summed E-state index contributed by atoms with van der Waals surface area (Å²) in [5.41, 5.74) is 1.85. The molecule has 0 saturated carbocycles. The third-order valence-electron chi connectivity index (χ3n) is 1.85. The van der Waals surface area contributed by atoms with E-state index in [4.69, 9.17) is 8.85 Å². The van der Waals surface area contributed by atoms with E-state index in [2.05, 4.69) is 12.6 Å². The molecule has 0 fully saturated rings. The molecule has 0 saturated heterocycles. The van der Waals surface area contributed by atoms with Gasteiger partial charge in [0.1, 0.15) is 0 Å². The van der Waals surface area contributed by atoms with Gasteiger partial charge in [-0.3, -0.25) is 0 Å². The third-order valence-corrected chi connectivity index (χ3v) is 6.57. The highest BCUT2D eigenvalue weighted by Gasteiger charge is 2.37. The Balaban J connectivity index is 2.94. The van der Waals surface area contributed by atoms with Crippen molar-refractivity contribution in [1.82, 2.24) is 0 Å². The first-order chi connectivity index (χ1) is 6.79. The van der Waals surface area contributed by atoms with Crippen LogP contribution in [0.25, 0.3) is 0 Å². The van der Waals surface area contributed by atoms with Crippen LogP contribution in [-0.4, -0.2) is 21.8 Å². The Labute approximate surface area is 90.4 Å². The number of hydrogen-bond donors (Lipinski definition) is 0. The lowest BCUT2D eigenvalue weighted by Gasteiger charge is -2.25. The van der Waals surface area contributed by atoms with Crippen LogP contribution in [-0.2, 0) is 8.85 Å². The largest absolute Gasteiger partial charge is 0.409 e. The normalized spacial score (nSPS) is 11.6. The minimum Gasteiger partial charge on any atom is -0.388 e. The van der Waals surface area contributed by atoms with Gasteiger partial charge in [-0.2, -0.15) is 0 Å². The summed E-state index contributed by atoms with van der Waals surface area (Å²) in [6.07, 6.45) is 0. The van der Waals surface area contributed by atoms with E-state index in [1.54, 1.807) is 11.3 Å². The molecule has 14 heavy (non-hydrogen) atoms. The highest BCUT2D eigenvalue weighted by atomic mass is 32.1. The molecule has 0 N–H and O–H groups in total. The van der Waals surface area contributed by atoms with Gasteiger partial charge >= 0.3 is 8.56 Å². The van der Waals surface area contributed by atoms with Crippen LogP contribution in [0.2, 0.25) is 0 Å². The van der Waals surface area contributed by atoms with Crippen molar-refractivity contribution < 1.29 is 8.85 Å². The monoisotopic (exact) mass is 228 g/mol. The van der Waals surface area contributed by atoms with Crippen LogP contribution in [0.15, 0.2) is 29.8 Å². The molecular weight excluding hydrogens is 212 g/mol. The molecule has 0 radical (unpaired) electrons. The molecule has 0 atom stereocenters. The maximum Gasteiger partial charge on any atom is 0.409 e. The van der Waals surface area contributed by atoms with E-state index in [-0.39, 0.29) is 0 Å². The quantitative estimate of drug-likeness (QED) is 0.695. The van der Waals surface area contributed by atoms with E-state index >= 15 is 0 Å². The van der Waals surface area contributed by atoms with Crippen LogP contribution in [0.5, 0.6) is 0 Å². The molecule has 0 aliphatic heterocycles. The molecule has 1 aromatic heterocycles. The second kappa shape index (κ2) is 5.46. The molecule has 0 spiro atoms. The average Bonchev–Trinajstić information content (AvgIpc) is 2.70. The lowest BCUT2D eigenvalue weighted by atomic mass is 10.7. The molecule has 1 heterocycles. The smallest absolute Gasteiger partial charge is 0.388 e. The SMILES string of the molecule is C=C[Si](OCC)(OCC)c1cccs1. The number of hydrogen-bond acceptors (Lipinski definition) is 3. The Morgan fingerprint density at radius 3 is 2.43 bits per heavy atom. The lowest BCUT2D eigenvalue weighted by Crippen LogP contribution is -2.51. The topological polar surface area (TPSA) is 18.5 Å². The molecule has 0 aliphatic rings. The zero-order chi connectivity index (χ0) is 10.4. The molecule has 1 rings (SSSR count). The minimum atomic E-state index is -2.31. The van der Waals surface area contributed by atoms with Gasteiger partial charge in [0.2, 0.25) is 0 Å². The molecule has 2 nitrogen and oxygen atoms in total. The number of rotatable bonds is 6. The van der Waals surface area contributed by atoms with Crippen molar-refractivity contribution in [2.45, 2.75) is 13.8 Å². The summed E-state index contributed by atoms with van der Waals surface area (Å²) in [5, 5.41) is 2.04. The van der Waals surface area contributed by atoms with Gasteiger partial charge in [-0.05, 0) is 31.0 Å². The van der Waals surface area contributed by atoms with Crippen molar-refractivity contribution >= 4 is 24.4 Å². The van der Waals surface area contributed by atoms with Gasteiger partial charge in [0.05, 0.1) is 4.50 Å². The van der Waals surface area contributed by atoms with Gasteiger partial charge in [-0.25, -0.2) is 0 Å². The van der Waals surface area contributed by atoms with Crippen LogP contribution < -0.4 is 4.50 Å². The summed E-state index contributed by atoms with van der Waals surface area (Å²) < 4.78 is 12.7. The van der Waals surface area contributed by atoms with Crippen LogP contribution in [0, 0.1) is 0 Å². The van der Waals surface area contributed by atoms with Crippen LogP contribution in [0.3, 0.4) is 0 Å². The maximum absolute atomic E-state index is 5.77. The van der Waals surface area contributed by atoms with E-state index in [1.807, 2.05) is 31.0 Å². The zero-order valence-electron chi connectivity index (χ0n) is 8.66. The van der Waals surface area contributed by atoms with Crippen molar-refractivity contribution in [3.05, 3.63) is 29.8 Å². The first-order valence-corrected chi connectivity index (χ1v) is 7.52. The third kappa shape index (κ3) is 2.33. The first-order valence-electron chi connectivity index (χ1n) is 4.74. The number of thiophene rings is 1. The van der Waals surface area contributed by atoms with Gasteiger partial charge < -0.3 is 8.85 Å². The molecule has 0 bridgehead atoms.